The number of aromatic nitrogens is 2. The smallest absolute Gasteiger partial charge is 0.0618 e. The van der Waals surface area contributed by atoms with Gasteiger partial charge in [0.25, 0.3) is 0 Å². The van der Waals surface area contributed by atoms with Crippen LogP contribution in [0.1, 0.15) is 0 Å². The van der Waals surface area contributed by atoms with E-state index in [1.807, 2.05) is 0 Å². The molecule has 0 saturated carbocycles. The predicted octanol–water partition coefficient (Wildman–Crippen LogP) is 13.5. The van der Waals surface area contributed by atoms with Gasteiger partial charge in [-0.05, 0) is 63.9 Å². The van der Waals surface area contributed by atoms with E-state index in [0.29, 0.717) is 0 Å². The molecule has 2 heteroatoms. The highest BCUT2D eigenvalue weighted by Crippen LogP contribution is 2.42. The van der Waals surface area contributed by atoms with E-state index in [9.17, 15) is 0 Å². The third kappa shape index (κ3) is 4.25. The Balaban J connectivity index is 1.19. The third-order valence-electron chi connectivity index (χ3n) is 10.9. The van der Waals surface area contributed by atoms with Gasteiger partial charge in [-0.25, -0.2) is 0 Å². The van der Waals surface area contributed by atoms with Crippen molar-refractivity contribution in [3.63, 3.8) is 0 Å². The van der Waals surface area contributed by atoms with Crippen molar-refractivity contribution in [2.75, 3.05) is 0 Å². The molecule has 0 bridgehead atoms. The van der Waals surface area contributed by atoms with Gasteiger partial charge in [0.1, 0.15) is 0 Å². The van der Waals surface area contributed by atoms with Crippen molar-refractivity contribution in [2.45, 2.75) is 0 Å². The van der Waals surface area contributed by atoms with E-state index in [-0.39, 0.29) is 0 Å². The average molecular weight is 661 g/mol. The zero-order valence-electron chi connectivity index (χ0n) is 28.4. The van der Waals surface area contributed by atoms with Gasteiger partial charge in [0.15, 0.2) is 0 Å². The Morgan fingerprint density at radius 2 is 0.731 bits per heavy atom. The molecule has 0 unspecified atom stereocenters. The van der Waals surface area contributed by atoms with Crippen molar-refractivity contribution in [1.29, 1.82) is 0 Å². The zero-order chi connectivity index (χ0) is 34.2. The number of para-hydroxylation sites is 3. The van der Waals surface area contributed by atoms with Crippen LogP contribution in [-0.2, 0) is 0 Å². The van der Waals surface area contributed by atoms with Crippen LogP contribution in [0.4, 0.5) is 0 Å². The highest BCUT2D eigenvalue weighted by molar-refractivity contribution is 6.16. The van der Waals surface area contributed by atoms with Crippen molar-refractivity contribution in [2.24, 2.45) is 0 Å². The molecular formula is C50H32N2. The fraction of sp³-hybridized carbons (Fsp3) is 0. The fourth-order valence-corrected chi connectivity index (χ4v) is 8.56. The maximum Gasteiger partial charge on any atom is 0.0618 e. The summed E-state index contributed by atoms with van der Waals surface area (Å²) in [5, 5.41) is 10.00. The van der Waals surface area contributed by atoms with Crippen LogP contribution < -0.4 is 0 Å². The first kappa shape index (κ1) is 28.9. The highest BCUT2D eigenvalue weighted by atomic mass is 15.0. The minimum Gasteiger partial charge on any atom is -0.309 e. The van der Waals surface area contributed by atoms with E-state index in [4.69, 9.17) is 0 Å². The Labute approximate surface area is 301 Å². The van der Waals surface area contributed by atoms with E-state index in [0.717, 1.165) is 0 Å². The molecule has 2 nitrogen and oxygen atoms in total. The lowest BCUT2D eigenvalue weighted by Gasteiger charge is -2.16. The van der Waals surface area contributed by atoms with Crippen molar-refractivity contribution in [1.82, 2.24) is 9.13 Å². The number of fused-ring (bicyclic) bond motifs is 8. The Kier molecular flexibility index (Phi) is 6.28. The van der Waals surface area contributed by atoms with Crippen LogP contribution in [0.25, 0.3) is 98.8 Å². The summed E-state index contributed by atoms with van der Waals surface area (Å²) in [5.41, 5.74) is 12.0. The van der Waals surface area contributed by atoms with Gasteiger partial charge in [0.05, 0.1) is 33.4 Å². The topological polar surface area (TPSA) is 9.86 Å². The largest absolute Gasteiger partial charge is 0.309 e. The molecule has 2 aromatic heterocycles. The van der Waals surface area contributed by atoms with Crippen LogP contribution in [0, 0.1) is 0 Å². The van der Waals surface area contributed by atoms with Gasteiger partial charge >= 0.3 is 0 Å². The number of hydrogen-bond acceptors (Lipinski definition) is 0. The standard InChI is InChI=1S/C50H32N2/c1-2-14-33(15-3-1)38-18-8-11-23-45(38)51-46-24-12-9-21-41(46)43-28-26-34(31-48(43)51)35-27-29-44-42-22-10-13-25-47(42)52(49(44)32-35)50-39-19-6-4-16-36(39)30-37-17-5-7-20-40(37)50/h1-32H. The van der Waals surface area contributed by atoms with Gasteiger partial charge in [0, 0.05) is 37.9 Å². The monoisotopic (exact) mass is 660 g/mol. The van der Waals surface area contributed by atoms with Gasteiger partial charge < -0.3 is 9.13 Å². The summed E-state index contributed by atoms with van der Waals surface area (Å²) in [7, 11) is 0. The van der Waals surface area contributed by atoms with Crippen LogP contribution in [0.3, 0.4) is 0 Å². The molecule has 242 valence electrons. The maximum absolute atomic E-state index is 2.50. The van der Waals surface area contributed by atoms with Crippen LogP contribution in [-0.4, -0.2) is 9.13 Å². The molecule has 0 atom stereocenters. The molecule has 0 spiro atoms. The van der Waals surface area contributed by atoms with Gasteiger partial charge in [-0.3, -0.25) is 0 Å². The van der Waals surface area contributed by atoms with Gasteiger partial charge in [0.2, 0.25) is 0 Å². The van der Waals surface area contributed by atoms with Crippen molar-refractivity contribution in [3.05, 3.63) is 194 Å². The summed E-state index contributed by atoms with van der Waals surface area (Å²) in [5.74, 6) is 0. The SMILES string of the molecule is c1ccc(-c2ccccc2-n2c3ccccc3c3ccc(-c4ccc5c6ccccc6n(-c6c7ccccc7cc7ccccc67)c5c4)cc32)cc1. The molecule has 11 rings (SSSR count). The first-order chi connectivity index (χ1) is 25.8. The van der Waals surface area contributed by atoms with E-state index < -0.39 is 0 Å². The molecule has 52 heavy (non-hydrogen) atoms. The Bertz CT molecular complexity index is 3120. The molecule has 0 fully saturated rings. The second kappa shape index (κ2) is 11.3. The van der Waals surface area contributed by atoms with Crippen LogP contribution in [0.15, 0.2) is 194 Å². The molecule has 0 aliphatic heterocycles. The Morgan fingerprint density at radius 3 is 1.37 bits per heavy atom. The zero-order valence-corrected chi connectivity index (χ0v) is 28.4. The molecule has 2 heterocycles. The minimum atomic E-state index is 1.18. The van der Waals surface area contributed by atoms with Crippen molar-refractivity contribution in [3.8, 4) is 33.6 Å². The lowest BCUT2D eigenvalue weighted by molar-refractivity contribution is 1.18. The minimum absolute atomic E-state index is 1.18. The Hall–Kier alpha value is -6.90. The number of rotatable bonds is 4. The lowest BCUT2D eigenvalue weighted by Crippen LogP contribution is -1.98. The third-order valence-corrected chi connectivity index (χ3v) is 10.9. The molecule has 0 aliphatic carbocycles. The fourth-order valence-electron chi connectivity index (χ4n) is 8.56. The number of benzene rings is 9. The number of nitrogens with zero attached hydrogens (tertiary/aromatic N) is 2. The second-order valence-corrected chi connectivity index (χ2v) is 13.7. The first-order valence-corrected chi connectivity index (χ1v) is 17.9. The molecule has 0 amide bonds. The van der Waals surface area contributed by atoms with Gasteiger partial charge in [-0.2, -0.15) is 0 Å². The van der Waals surface area contributed by atoms with Gasteiger partial charge in [-0.15, -0.1) is 0 Å². The summed E-state index contributed by atoms with van der Waals surface area (Å²) in [6.45, 7) is 0. The first-order valence-electron chi connectivity index (χ1n) is 17.9. The van der Waals surface area contributed by atoms with Crippen molar-refractivity contribution < 1.29 is 0 Å². The van der Waals surface area contributed by atoms with Crippen molar-refractivity contribution >= 4 is 65.2 Å². The predicted molar refractivity (Wildman–Crippen MR) is 221 cm³/mol. The lowest BCUT2D eigenvalue weighted by atomic mass is 10.00. The quantitative estimate of drug-likeness (QED) is 0.166. The summed E-state index contributed by atoms with van der Waals surface area (Å²) in [4.78, 5) is 0. The van der Waals surface area contributed by atoms with Crippen LogP contribution in [0.2, 0.25) is 0 Å². The maximum atomic E-state index is 2.50. The van der Waals surface area contributed by atoms with Crippen LogP contribution in [0.5, 0.6) is 0 Å². The molecule has 0 radical (unpaired) electrons. The molecule has 0 aliphatic rings. The Morgan fingerprint density at radius 1 is 0.269 bits per heavy atom. The highest BCUT2D eigenvalue weighted by Gasteiger charge is 2.19. The normalized spacial score (nSPS) is 11.8. The second-order valence-electron chi connectivity index (χ2n) is 13.7. The van der Waals surface area contributed by atoms with E-state index in [1.54, 1.807) is 0 Å². The van der Waals surface area contributed by atoms with Gasteiger partial charge in [-0.1, -0.05) is 158 Å². The molecule has 9 aromatic carbocycles. The van der Waals surface area contributed by atoms with Crippen LogP contribution >= 0.6 is 0 Å². The molecular weight excluding hydrogens is 629 g/mol. The number of hydrogen-bond donors (Lipinski definition) is 0. The molecule has 11 aromatic rings. The summed E-state index contributed by atoms with van der Waals surface area (Å²) in [6, 6.07) is 71.0. The average Bonchev–Trinajstić information content (AvgIpc) is 3.72. The summed E-state index contributed by atoms with van der Waals surface area (Å²) >= 11 is 0. The molecule has 0 N–H and O–H groups in total. The van der Waals surface area contributed by atoms with E-state index in [1.165, 1.54) is 98.8 Å². The van der Waals surface area contributed by atoms with E-state index in [2.05, 4.69) is 203 Å². The summed E-state index contributed by atoms with van der Waals surface area (Å²) < 4.78 is 4.96. The molecule has 0 saturated heterocycles. The van der Waals surface area contributed by atoms with E-state index >= 15 is 0 Å². The summed E-state index contributed by atoms with van der Waals surface area (Å²) in [6.07, 6.45) is 0.